The lowest BCUT2D eigenvalue weighted by atomic mass is 9.98. The number of carbonyl (C=O) groups is 3. The summed E-state index contributed by atoms with van der Waals surface area (Å²) in [6.07, 6.45) is 1.62. The van der Waals surface area contributed by atoms with E-state index in [0.29, 0.717) is 38.1 Å². The molecule has 186 valence electrons. The largest absolute Gasteiger partial charge is 0.462 e. The van der Waals surface area contributed by atoms with Gasteiger partial charge in [-0.15, -0.1) is 0 Å². The zero-order valence-corrected chi connectivity index (χ0v) is 20.9. The Morgan fingerprint density at radius 1 is 0.886 bits per heavy atom. The molecule has 2 aromatic carbocycles. The van der Waals surface area contributed by atoms with Crippen LogP contribution in [0.15, 0.2) is 42.5 Å². The van der Waals surface area contributed by atoms with Gasteiger partial charge in [0.05, 0.1) is 6.61 Å². The number of fused-ring (bicyclic) bond motifs is 1. The minimum Gasteiger partial charge on any atom is -0.462 e. The molecule has 2 aliphatic rings. The number of piperidine rings is 1. The fourth-order valence-corrected chi connectivity index (χ4v) is 4.41. The number of likely N-dealkylation sites (tertiary alicyclic amines) is 1. The van der Waals surface area contributed by atoms with Gasteiger partial charge in [0, 0.05) is 78.1 Å². The lowest BCUT2D eigenvalue weighted by molar-refractivity contribution is -0.227. The maximum Gasteiger partial charge on any atom is 0.253 e. The highest BCUT2D eigenvalue weighted by molar-refractivity contribution is 5.94. The molecule has 35 heavy (non-hydrogen) atoms. The third-order valence-electron chi connectivity index (χ3n) is 6.65. The Morgan fingerprint density at radius 2 is 1.54 bits per heavy atom. The van der Waals surface area contributed by atoms with E-state index < -0.39 is 5.79 Å². The Labute approximate surface area is 206 Å². The molecule has 2 aliphatic heterocycles. The van der Waals surface area contributed by atoms with Gasteiger partial charge in [-0.2, -0.15) is 0 Å². The molecular formula is C27H33N3O5. The molecular weight excluding hydrogens is 446 g/mol. The number of hydrogen-bond acceptors (Lipinski definition) is 5. The van der Waals surface area contributed by atoms with E-state index in [0.717, 1.165) is 22.4 Å². The molecule has 0 atom stereocenters. The first-order chi connectivity index (χ1) is 16.7. The first-order valence-electron chi connectivity index (χ1n) is 11.9. The molecule has 2 heterocycles. The van der Waals surface area contributed by atoms with Crippen molar-refractivity contribution in [3.63, 3.8) is 0 Å². The molecule has 2 aromatic rings. The average molecular weight is 480 g/mol. The third kappa shape index (κ3) is 5.48. The van der Waals surface area contributed by atoms with Gasteiger partial charge in [0.15, 0.2) is 0 Å². The highest BCUT2D eigenvalue weighted by Gasteiger charge is 2.41. The molecule has 0 radical (unpaired) electrons. The van der Waals surface area contributed by atoms with Crippen LogP contribution in [-0.4, -0.2) is 79.5 Å². The minimum absolute atomic E-state index is 0.00537. The molecule has 1 fully saturated rings. The third-order valence-corrected chi connectivity index (χ3v) is 6.65. The van der Waals surface area contributed by atoms with E-state index in [1.807, 2.05) is 36.4 Å². The summed E-state index contributed by atoms with van der Waals surface area (Å²) in [5.41, 5.74) is 3.67. The van der Waals surface area contributed by atoms with E-state index in [1.54, 1.807) is 38.0 Å². The number of ether oxygens (including phenoxy) is 2. The number of amides is 3. The van der Waals surface area contributed by atoms with Gasteiger partial charge in [-0.3, -0.25) is 14.4 Å². The van der Waals surface area contributed by atoms with Crippen LogP contribution in [0.2, 0.25) is 0 Å². The quantitative estimate of drug-likeness (QED) is 0.658. The average Bonchev–Trinajstić information content (AvgIpc) is 2.86. The fourth-order valence-electron chi connectivity index (χ4n) is 4.41. The van der Waals surface area contributed by atoms with Crippen molar-refractivity contribution in [2.24, 2.45) is 0 Å². The smallest absolute Gasteiger partial charge is 0.253 e. The molecule has 0 saturated carbocycles. The van der Waals surface area contributed by atoms with Gasteiger partial charge in [0.2, 0.25) is 17.6 Å². The Bertz CT molecular complexity index is 1100. The molecule has 1 spiro atoms. The van der Waals surface area contributed by atoms with Gasteiger partial charge in [-0.05, 0) is 35.4 Å². The number of hydrogen-bond donors (Lipinski definition) is 0. The van der Waals surface area contributed by atoms with Crippen LogP contribution in [0.1, 0.15) is 41.6 Å². The van der Waals surface area contributed by atoms with Crippen LogP contribution in [0, 0.1) is 0 Å². The zero-order chi connectivity index (χ0) is 25.2. The normalized spacial score (nSPS) is 16.3. The maximum atomic E-state index is 12.5. The Balaban J connectivity index is 1.37. The molecule has 0 aromatic heterocycles. The van der Waals surface area contributed by atoms with E-state index in [-0.39, 0.29) is 30.6 Å². The second-order valence-electron chi connectivity index (χ2n) is 9.57. The molecule has 8 nitrogen and oxygen atoms in total. The standard InChI is InChI=1S/C27H33N3O5/c1-28(2)24(31)11-12-25(32)30-15-13-27(14-16-30)34-18-22-17-21(9-10-23(22)35-27)19-5-7-20(8-6-19)26(33)29(3)4/h5-10,17H,11-16,18H2,1-4H3. The van der Waals surface area contributed by atoms with Crippen LogP contribution < -0.4 is 4.74 Å². The van der Waals surface area contributed by atoms with Crippen molar-refractivity contribution in [3.8, 4) is 16.9 Å². The van der Waals surface area contributed by atoms with Crippen molar-refractivity contribution in [1.82, 2.24) is 14.7 Å². The summed E-state index contributed by atoms with van der Waals surface area (Å²) in [5, 5.41) is 0. The van der Waals surface area contributed by atoms with Gasteiger partial charge in [-0.1, -0.05) is 18.2 Å². The van der Waals surface area contributed by atoms with E-state index in [4.69, 9.17) is 9.47 Å². The SMILES string of the molecule is CN(C)C(=O)CCC(=O)N1CCC2(CC1)OCc1cc(-c3ccc(C(=O)N(C)C)cc3)ccc1O2. The number of nitrogens with zero attached hydrogens (tertiary/aromatic N) is 3. The van der Waals surface area contributed by atoms with Crippen LogP contribution in [0.25, 0.3) is 11.1 Å². The van der Waals surface area contributed by atoms with Crippen LogP contribution in [0.5, 0.6) is 5.75 Å². The Hall–Kier alpha value is -3.39. The summed E-state index contributed by atoms with van der Waals surface area (Å²) in [4.78, 5) is 41.3. The lowest BCUT2D eigenvalue weighted by Crippen LogP contribution is -2.52. The second-order valence-corrected chi connectivity index (χ2v) is 9.57. The molecule has 0 unspecified atom stereocenters. The molecule has 0 aliphatic carbocycles. The Morgan fingerprint density at radius 3 is 2.17 bits per heavy atom. The summed E-state index contributed by atoms with van der Waals surface area (Å²) in [5.74, 6) is 0.00691. The highest BCUT2D eigenvalue weighted by atomic mass is 16.7. The van der Waals surface area contributed by atoms with Gasteiger partial charge in [0.1, 0.15) is 5.75 Å². The lowest BCUT2D eigenvalue weighted by Gasteiger charge is -2.44. The van der Waals surface area contributed by atoms with Gasteiger partial charge in [-0.25, -0.2) is 0 Å². The van der Waals surface area contributed by atoms with Crippen molar-refractivity contribution < 1.29 is 23.9 Å². The highest BCUT2D eigenvalue weighted by Crippen LogP contribution is 2.39. The van der Waals surface area contributed by atoms with Crippen molar-refractivity contribution in [3.05, 3.63) is 53.6 Å². The summed E-state index contributed by atoms with van der Waals surface area (Å²) in [7, 11) is 6.87. The summed E-state index contributed by atoms with van der Waals surface area (Å²) < 4.78 is 12.5. The first-order valence-corrected chi connectivity index (χ1v) is 11.9. The fraction of sp³-hybridized carbons (Fsp3) is 0.444. The predicted molar refractivity (Wildman–Crippen MR) is 132 cm³/mol. The van der Waals surface area contributed by atoms with Gasteiger partial charge < -0.3 is 24.2 Å². The maximum absolute atomic E-state index is 12.5. The number of rotatable bonds is 5. The van der Waals surface area contributed by atoms with E-state index in [2.05, 4.69) is 6.07 Å². The molecule has 0 N–H and O–H groups in total. The Kier molecular flexibility index (Phi) is 7.12. The minimum atomic E-state index is -0.723. The summed E-state index contributed by atoms with van der Waals surface area (Å²) in [6, 6.07) is 13.6. The molecule has 8 heteroatoms. The van der Waals surface area contributed by atoms with E-state index in [9.17, 15) is 14.4 Å². The van der Waals surface area contributed by atoms with E-state index >= 15 is 0 Å². The van der Waals surface area contributed by atoms with Crippen LogP contribution >= 0.6 is 0 Å². The van der Waals surface area contributed by atoms with Crippen LogP contribution in [-0.2, 0) is 20.9 Å². The van der Waals surface area contributed by atoms with Crippen LogP contribution in [0.3, 0.4) is 0 Å². The van der Waals surface area contributed by atoms with Gasteiger partial charge in [0.25, 0.3) is 5.91 Å². The summed E-state index contributed by atoms with van der Waals surface area (Å²) >= 11 is 0. The molecule has 0 bridgehead atoms. The number of benzene rings is 2. The van der Waals surface area contributed by atoms with Gasteiger partial charge >= 0.3 is 0 Å². The van der Waals surface area contributed by atoms with Crippen molar-refractivity contribution in [2.45, 2.75) is 38.1 Å². The predicted octanol–water partition coefficient (Wildman–Crippen LogP) is 3.15. The monoisotopic (exact) mass is 479 g/mol. The molecule has 1 saturated heterocycles. The summed E-state index contributed by atoms with van der Waals surface area (Å²) in [6.45, 7) is 1.52. The number of carbonyl (C=O) groups excluding carboxylic acids is 3. The molecule has 3 amide bonds. The first kappa shape index (κ1) is 24.7. The molecule has 4 rings (SSSR count). The second kappa shape index (κ2) is 10.1. The zero-order valence-electron chi connectivity index (χ0n) is 20.9. The van der Waals surface area contributed by atoms with Crippen molar-refractivity contribution in [1.29, 1.82) is 0 Å². The van der Waals surface area contributed by atoms with Crippen molar-refractivity contribution >= 4 is 17.7 Å². The van der Waals surface area contributed by atoms with E-state index in [1.165, 1.54) is 4.90 Å². The van der Waals surface area contributed by atoms with Crippen LogP contribution in [0.4, 0.5) is 0 Å². The topological polar surface area (TPSA) is 79.4 Å². The van der Waals surface area contributed by atoms with Crippen molar-refractivity contribution in [2.75, 3.05) is 41.3 Å².